The Balaban J connectivity index is 4.23. The van der Waals surface area contributed by atoms with Crippen LogP contribution < -0.4 is 0 Å². The summed E-state index contributed by atoms with van der Waals surface area (Å²) in [4.78, 5) is 38.1. The molecule has 6 nitrogen and oxygen atoms in total. The Kier molecular flexibility index (Phi) is 59.9. The molecule has 0 amide bonds. The van der Waals surface area contributed by atoms with Crippen molar-refractivity contribution in [2.75, 3.05) is 13.2 Å². The molecule has 0 aliphatic carbocycles. The van der Waals surface area contributed by atoms with Crippen molar-refractivity contribution in [2.45, 2.75) is 271 Å². The maximum atomic E-state index is 12.8. The van der Waals surface area contributed by atoms with Crippen LogP contribution in [-0.4, -0.2) is 37.2 Å². The summed E-state index contributed by atoms with van der Waals surface area (Å²) in [7, 11) is 0. The van der Waals surface area contributed by atoms with Crippen molar-refractivity contribution < 1.29 is 28.6 Å². The summed E-state index contributed by atoms with van der Waals surface area (Å²) in [5.41, 5.74) is 0. The molecular formula is C71H114O6. The SMILES string of the molecule is CC/C=C\C/C=C\C/C=C\C/C=C\C/C=C\C/C=C\CCCCCCCCCCCCCCCCC(=O)OCC(COC(=O)CCCCCCC/C=C\CCCC)OC(=O)C/C=C\C/C=C\C/C=C\C/C=C\C/C=C\CC. The summed E-state index contributed by atoms with van der Waals surface area (Å²) >= 11 is 0. The van der Waals surface area contributed by atoms with Gasteiger partial charge in [0.05, 0.1) is 6.42 Å². The van der Waals surface area contributed by atoms with Gasteiger partial charge in [-0.2, -0.15) is 0 Å². The lowest BCUT2D eigenvalue weighted by atomic mass is 10.0. The number of unbranched alkanes of at least 4 members (excludes halogenated alkanes) is 21. The van der Waals surface area contributed by atoms with Crippen LogP contribution in [0.1, 0.15) is 265 Å². The molecule has 0 rings (SSSR count). The van der Waals surface area contributed by atoms with Crippen LogP contribution in [-0.2, 0) is 28.6 Å². The highest BCUT2D eigenvalue weighted by atomic mass is 16.6. The van der Waals surface area contributed by atoms with Gasteiger partial charge in [0.1, 0.15) is 13.2 Å². The van der Waals surface area contributed by atoms with E-state index in [9.17, 15) is 14.4 Å². The summed E-state index contributed by atoms with van der Waals surface area (Å²) < 4.78 is 16.7. The van der Waals surface area contributed by atoms with Gasteiger partial charge in [-0.25, -0.2) is 0 Å². The molecule has 0 aromatic heterocycles. The summed E-state index contributed by atoms with van der Waals surface area (Å²) in [5.74, 6) is -1.07. The van der Waals surface area contributed by atoms with Crippen LogP contribution in [0.4, 0.5) is 0 Å². The number of carbonyl (C=O) groups is 3. The predicted octanol–water partition coefficient (Wildman–Crippen LogP) is 21.5. The zero-order valence-electron chi connectivity index (χ0n) is 49.7. The molecule has 0 saturated heterocycles. The third-order valence-electron chi connectivity index (χ3n) is 12.8. The number of ether oxygens (including phenoxy) is 3. The molecule has 434 valence electrons. The Morgan fingerprint density at radius 3 is 0.870 bits per heavy atom. The molecule has 0 bridgehead atoms. The van der Waals surface area contributed by atoms with Crippen molar-refractivity contribution in [1.29, 1.82) is 0 Å². The third-order valence-corrected chi connectivity index (χ3v) is 12.8. The van der Waals surface area contributed by atoms with E-state index >= 15 is 0 Å². The van der Waals surface area contributed by atoms with Crippen molar-refractivity contribution >= 4 is 17.9 Å². The summed E-state index contributed by atoms with van der Waals surface area (Å²) in [6.07, 6.45) is 91.8. The quantitative estimate of drug-likeness (QED) is 0.0261. The normalized spacial score (nSPS) is 13.1. The van der Waals surface area contributed by atoms with Gasteiger partial charge in [-0.15, -0.1) is 0 Å². The topological polar surface area (TPSA) is 78.9 Å². The van der Waals surface area contributed by atoms with Crippen LogP contribution in [0.15, 0.2) is 146 Å². The van der Waals surface area contributed by atoms with Gasteiger partial charge in [0, 0.05) is 12.8 Å². The fourth-order valence-electron chi connectivity index (χ4n) is 8.21. The first-order valence-corrected chi connectivity index (χ1v) is 31.3. The molecule has 1 atom stereocenters. The fourth-order valence-corrected chi connectivity index (χ4v) is 8.21. The molecule has 0 aliphatic rings. The minimum absolute atomic E-state index is 0.0910. The highest BCUT2D eigenvalue weighted by Crippen LogP contribution is 2.15. The number of hydrogen-bond donors (Lipinski definition) is 0. The first-order chi connectivity index (χ1) is 38.0. The zero-order chi connectivity index (χ0) is 55.7. The lowest BCUT2D eigenvalue weighted by Gasteiger charge is -2.18. The smallest absolute Gasteiger partial charge is 0.310 e. The number of allylic oxidation sites excluding steroid dienone is 23. The Morgan fingerprint density at radius 2 is 0.545 bits per heavy atom. The van der Waals surface area contributed by atoms with E-state index in [0.29, 0.717) is 19.3 Å². The van der Waals surface area contributed by atoms with Crippen LogP contribution in [0.5, 0.6) is 0 Å². The first kappa shape index (κ1) is 72.3. The molecule has 0 spiro atoms. The molecule has 0 aromatic rings. The van der Waals surface area contributed by atoms with Crippen LogP contribution >= 0.6 is 0 Å². The molecule has 0 aliphatic heterocycles. The maximum Gasteiger partial charge on any atom is 0.310 e. The highest BCUT2D eigenvalue weighted by Gasteiger charge is 2.19. The summed E-state index contributed by atoms with van der Waals surface area (Å²) in [6, 6.07) is 0. The second-order valence-electron chi connectivity index (χ2n) is 20.2. The van der Waals surface area contributed by atoms with Gasteiger partial charge < -0.3 is 14.2 Å². The van der Waals surface area contributed by atoms with Gasteiger partial charge in [0.25, 0.3) is 0 Å². The maximum absolute atomic E-state index is 12.8. The van der Waals surface area contributed by atoms with E-state index in [2.05, 4.69) is 154 Å². The first-order valence-electron chi connectivity index (χ1n) is 31.3. The molecule has 0 N–H and O–H groups in total. The number of esters is 3. The lowest BCUT2D eigenvalue weighted by molar-refractivity contribution is -0.166. The fraction of sp³-hybridized carbons (Fsp3) is 0.620. The predicted molar refractivity (Wildman–Crippen MR) is 334 cm³/mol. The summed E-state index contributed by atoms with van der Waals surface area (Å²) in [6.45, 7) is 6.28. The molecule has 0 saturated carbocycles. The van der Waals surface area contributed by atoms with E-state index in [0.717, 1.165) is 116 Å². The van der Waals surface area contributed by atoms with E-state index in [1.807, 2.05) is 6.08 Å². The Hall–Kier alpha value is -4.71. The van der Waals surface area contributed by atoms with Gasteiger partial charge in [0.2, 0.25) is 0 Å². The minimum Gasteiger partial charge on any atom is -0.462 e. The highest BCUT2D eigenvalue weighted by molar-refractivity contribution is 5.72. The molecule has 0 radical (unpaired) electrons. The molecule has 1 unspecified atom stereocenters. The molecule has 0 fully saturated rings. The van der Waals surface area contributed by atoms with Gasteiger partial charge in [-0.05, 0) is 116 Å². The van der Waals surface area contributed by atoms with Crippen LogP contribution in [0.2, 0.25) is 0 Å². The average molecular weight is 1060 g/mol. The van der Waals surface area contributed by atoms with E-state index in [1.165, 1.54) is 103 Å². The Labute approximate surface area is 474 Å². The number of hydrogen-bond acceptors (Lipinski definition) is 6. The zero-order valence-corrected chi connectivity index (χ0v) is 49.7. The Morgan fingerprint density at radius 1 is 0.286 bits per heavy atom. The average Bonchev–Trinajstić information content (AvgIpc) is 3.43. The van der Waals surface area contributed by atoms with Gasteiger partial charge in [-0.1, -0.05) is 276 Å². The molecule has 0 heterocycles. The molecule has 77 heavy (non-hydrogen) atoms. The van der Waals surface area contributed by atoms with E-state index in [-0.39, 0.29) is 31.6 Å². The number of carbonyl (C=O) groups excluding carboxylic acids is 3. The van der Waals surface area contributed by atoms with Crippen molar-refractivity contribution in [2.24, 2.45) is 0 Å². The molecular weight excluding hydrogens is 949 g/mol. The van der Waals surface area contributed by atoms with Crippen molar-refractivity contribution in [3.05, 3.63) is 146 Å². The minimum atomic E-state index is -0.840. The van der Waals surface area contributed by atoms with Crippen LogP contribution in [0.25, 0.3) is 0 Å². The largest absolute Gasteiger partial charge is 0.462 e. The van der Waals surface area contributed by atoms with Crippen molar-refractivity contribution in [3.63, 3.8) is 0 Å². The van der Waals surface area contributed by atoms with E-state index in [4.69, 9.17) is 14.2 Å². The van der Waals surface area contributed by atoms with E-state index < -0.39 is 12.1 Å². The number of rotatable bonds is 55. The lowest BCUT2D eigenvalue weighted by Crippen LogP contribution is -2.30. The molecule has 0 aromatic carbocycles. The second-order valence-corrected chi connectivity index (χ2v) is 20.2. The van der Waals surface area contributed by atoms with Gasteiger partial charge in [0.15, 0.2) is 6.10 Å². The standard InChI is InChI=1S/C71H114O6/c1-4-7-10-13-16-19-22-24-26-27-28-29-30-31-32-33-34-35-36-37-38-39-40-41-42-43-45-46-49-52-55-58-61-64-70(73)76-67-68(66-75-69(72)63-60-57-54-51-48-21-18-15-12-9-6-3)77-71(74)65-62-59-56-53-50-47-44-25-23-20-17-14-11-8-5-2/h7-8,10-11,15-20,24-26,28-29,31-32,34-35,44,50,53,59,62,68H,4-6,9,12-14,21-23,27,30,33,36-43,45-49,51-52,54-58,60-61,63-67H2,1-3H3/b10-7-,11-8-,18-15-,19-16-,20-17-,26-24-,29-28-,32-31-,35-34-,44-25-,53-50-,62-59-. The third kappa shape index (κ3) is 62.0. The Bertz CT molecular complexity index is 1700. The van der Waals surface area contributed by atoms with E-state index in [1.54, 1.807) is 6.08 Å². The second kappa shape index (κ2) is 63.8. The van der Waals surface area contributed by atoms with Gasteiger partial charge in [-0.3, -0.25) is 14.4 Å². The van der Waals surface area contributed by atoms with Gasteiger partial charge >= 0.3 is 17.9 Å². The van der Waals surface area contributed by atoms with Crippen LogP contribution in [0, 0.1) is 0 Å². The molecule has 6 heteroatoms. The monoisotopic (exact) mass is 1060 g/mol. The van der Waals surface area contributed by atoms with Crippen molar-refractivity contribution in [3.8, 4) is 0 Å². The van der Waals surface area contributed by atoms with Crippen LogP contribution in [0.3, 0.4) is 0 Å². The van der Waals surface area contributed by atoms with Crippen molar-refractivity contribution in [1.82, 2.24) is 0 Å². The summed E-state index contributed by atoms with van der Waals surface area (Å²) in [5, 5.41) is 0.